The molecule has 0 atom stereocenters. The predicted molar refractivity (Wildman–Crippen MR) is 62.2 cm³/mol. The molecule has 84 valence electrons. The summed E-state index contributed by atoms with van der Waals surface area (Å²) in [5, 5.41) is 13.7. The first-order valence-electron chi connectivity index (χ1n) is 5.03. The molecular weight excluding hydrogens is 204 g/mol. The van der Waals surface area contributed by atoms with Crippen LogP contribution in [0.5, 0.6) is 5.75 Å². The molecule has 0 fully saturated rings. The quantitative estimate of drug-likeness (QED) is 0.771. The van der Waals surface area contributed by atoms with Crippen LogP contribution in [0.15, 0.2) is 16.7 Å². The van der Waals surface area contributed by atoms with Crippen molar-refractivity contribution in [2.24, 2.45) is 0 Å². The van der Waals surface area contributed by atoms with E-state index in [1.807, 2.05) is 26.8 Å². The third-order valence-electron chi connectivity index (χ3n) is 2.86. The summed E-state index contributed by atoms with van der Waals surface area (Å²) >= 11 is 0. The van der Waals surface area contributed by atoms with Crippen LogP contribution in [-0.2, 0) is 0 Å². The molecule has 2 aromatic rings. The molecule has 4 heteroatoms. The van der Waals surface area contributed by atoms with Crippen LogP contribution in [0.25, 0.3) is 11.3 Å². The molecule has 4 nitrogen and oxygen atoms in total. The van der Waals surface area contributed by atoms with E-state index in [0.717, 1.165) is 22.3 Å². The van der Waals surface area contributed by atoms with Crippen LogP contribution in [0.3, 0.4) is 0 Å². The lowest BCUT2D eigenvalue weighted by molar-refractivity contribution is 0.439. The van der Waals surface area contributed by atoms with Gasteiger partial charge in [0.2, 0.25) is 5.88 Å². The zero-order chi connectivity index (χ0) is 11.9. The number of anilines is 1. The summed E-state index contributed by atoms with van der Waals surface area (Å²) in [6.07, 6.45) is 0. The summed E-state index contributed by atoms with van der Waals surface area (Å²) in [6, 6.07) is 3.56. The van der Waals surface area contributed by atoms with Crippen molar-refractivity contribution in [2.45, 2.75) is 20.8 Å². The van der Waals surface area contributed by atoms with E-state index in [4.69, 9.17) is 10.3 Å². The minimum absolute atomic E-state index is 0.290. The lowest BCUT2D eigenvalue weighted by Gasteiger charge is -2.10. The summed E-state index contributed by atoms with van der Waals surface area (Å²) in [5.41, 5.74) is 9.79. The van der Waals surface area contributed by atoms with Crippen molar-refractivity contribution in [3.8, 4) is 17.0 Å². The van der Waals surface area contributed by atoms with Gasteiger partial charge < -0.3 is 15.4 Å². The van der Waals surface area contributed by atoms with Gasteiger partial charge >= 0.3 is 0 Å². The highest BCUT2D eigenvalue weighted by Gasteiger charge is 2.13. The molecule has 1 heterocycles. The van der Waals surface area contributed by atoms with E-state index in [0.29, 0.717) is 11.4 Å². The minimum Gasteiger partial charge on any atom is -0.507 e. The van der Waals surface area contributed by atoms with Gasteiger partial charge in [-0.05, 0) is 43.5 Å². The van der Waals surface area contributed by atoms with Gasteiger partial charge in [0.1, 0.15) is 11.4 Å². The first-order chi connectivity index (χ1) is 7.50. The number of benzene rings is 1. The number of nitrogen functional groups attached to an aromatic ring is 1. The number of hydrogen-bond donors (Lipinski definition) is 2. The van der Waals surface area contributed by atoms with E-state index in [1.54, 1.807) is 6.07 Å². The maximum Gasteiger partial charge on any atom is 0.222 e. The van der Waals surface area contributed by atoms with Crippen LogP contribution < -0.4 is 5.73 Å². The average Bonchev–Trinajstić information content (AvgIpc) is 2.67. The van der Waals surface area contributed by atoms with Gasteiger partial charge in [-0.1, -0.05) is 5.16 Å². The number of phenols is 1. The van der Waals surface area contributed by atoms with Crippen molar-refractivity contribution < 1.29 is 9.63 Å². The van der Waals surface area contributed by atoms with Crippen molar-refractivity contribution >= 4 is 5.88 Å². The Kier molecular flexibility index (Phi) is 2.34. The molecule has 0 bridgehead atoms. The monoisotopic (exact) mass is 218 g/mol. The molecule has 2 rings (SSSR count). The summed E-state index contributed by atoms with van der Waals surface area (Å²) < 4.78 is 4.85. The second-order valence-electron chi connectivity index (χ2n) is 3.95. The van der Waals surface area contributed by atoms with Crippen LogP contribution in [0.2, 0.25) is 0 Å². The van der Waals surface area contributed by atoms with Crippen molar-refractivity contribution in [2.75, 3.05) is 5.73 Å². The number of aryl methyl sites for hydroxylation is 1. The number of aromatic hydroxyl groups is 1. The number of phenolic OH excluding ortho intramolecular Hbond substituents is 1. The van der Waals surface area contributed by atoms with Crippen LogP contribution in [0.1, 0.15) is 16.7 Å². The van der Waals surface area contributed by atoms with Crippen molar-refractivity contribution in [3.63, 3.8) is 0 Å². The van der Waals surface area contributed by atoms with E-state index >= 15 is 0 Å². The second kappa shape index (κ2) is 3.56. The SMILES string of the molecule is Cc1cc(-c2cc(N)on2)c(C)c(C)c1O. The third-order valence-corrected chi connectivity index (χ3v) is 2.86. The fraction of sp³-hybridized carbons (Fsp3) is 0.250. The molecule has 0 aliphatic rings. The van der Waals surface area contributed by atoms with Gasteiger partial charge in [-0.3, -0.25) is 0 Å². The molecule has 0 unspecified atom stereocenters. The van der Waals surface area contributed by atoms with Crippen LogP contribution in [0, 0.1) is 20.8 Å². The molecule has 1 aromatic carbocycles. The van der Waals surface area contributed by atoms with E-state index in [9.17, 15) is 5.11 Å². The fourth-order valence-electron chi connectivity index (χ4n) is 1.75. The van der Waals surface area contributed by atoms with Gasteiger partial charge in [-0.25, -0.2) is 0 Å². The Morgan fingerprint density at radius 1 is 1.19 bits per heavy atom. The van der Waals surface area contributed by atoms with E-state index < -0.39 is 0 Å². The van der Waals surface area contributed by atoms with E-state index in [-0.39, 0.29) is 5.88 Å². The van der Waals surface area contributed by atoms with Gasteiger partial charge in [0.25, 0.3) is 0 Å². The lowest BCUT2D eigenvalue weighted by atomic mass is 9.97. The normalized spacial score (nSPS) is 10.7. The molecule has 0 radical (unpaired) electrons. The van der Waals surface area contributed by atoms with E-state index in [1.165, 1.54) is 0 Å². The third kappa shape index (κ3) is 1.52. The predicted octanol–water partition coefficient (Wildman–Crippen LogP) is 2.55. The molecule has 0 aliphatic carbocycles. The topological polar surface area (TPSA) is 72.3 Å². The average molecular weight is 218 g/mol. The van der Waals surface area contributed by atoms with Gasteiger partial charge in [-0.15, -0.1) is 0 Å². The minimum atomic E-state index is 0.290. The van der Waals surface area contributed by atoms with Crippen molar-refractivity contribution in [3.05, 3.63) is 28.8 Å². The van der Waals surface area contributed by atoms with Crippen LogP contribution in [-0.4, -0.2) is 10.3 Å². The summed E-state index contributed by atoms with van der Waals surface area (Å²) in [6.45, 7) is 5.67. The Labute approximate surface area is 93.7 Å². The Morgan fingerprint density at radius 2 is 1.88 bits per heavy atom. The first kappa shape index (κ1) is 10.5. The van der Waals surface area contributed by atoms with Gasteiger partial charge in [0, 0.05) is 11.6 Å². The summed E-state index contributed by atoms with van der Waals surface area (Å²) in [5.74, 6) is 0.621. The molecule has 3 N–H and O–H groups in total. The number of hydrogen-bond acceptors (Lipinski definition) is 4. The maximum absolute atomic E-state index is 9.80. The highest BCUT2D eigenvalue weighted by Crippen LogP contribution is 2.33. The smallest absolute Gasteiger partial charge is 0.222 e. The largest absolute Gasteiger partial charge is 0.507 e. The fourth-order valence-corrected chi connectivity index (χ4v) is 1.75. The molecule has 0 spiro atoms. The Bertz CT molecular complexity index is 544. The highest BCUT2D eigenvalue weighted by atomic mass is 16.5. The van der Waals surface area contributed by atoms with Gasteiger partial charge in [0.15, 0.2) is 0 Å². The van der Waals surface area contributed by atoms with E-state index in [2.05, 4.69) is 5.16 Å². The lowest BCUT2D eigenvalue weighted by Crippen LogP contribution is -1.91. The standard InChI is InChI=1S/C12H14N2O2/c1-6-4-9(7(2)8(3)12(6)15)10-5-11(13)16-14-10/h4-5,15H,13H2,1-3H3. The molecule has 0 saturated heterocycles. The van der Waals surface area contributed by atoms with Crippen molar-refractivity contribution in [1.82, 2.24) is 5.16 Å². The van der Waals surface area contributed by atoms with Gasteiger partial charge in [0.05, 0.1) is 0 Å². The van der Waals surface area contributed by atoms with Crippen LogP contribution in [0.4, 0.5) is 5.88 Å². The zero-order valence-electron chi connectivity index (χ0n) is 9.53. The second-order valence-corrected chi connectivity index (χ2v) is 3.95. The summed E-state index contributed by atoms with van der Waals surface area (Å²) in [4.78, 5) is 0. The molecule has 0 saturated carbocycles. The Morgan fingerprint density at radius 3 is 2.44 bits per heavy atom. The molecule has 1 aromatic heterocycles. The number of rotatable bonds is 1. The highest BCUT2D eigenvalue weighted by molar-refractivity contribution is 5.69. The maximum atomic E-state index is 9.80. The van der Waals surface area contributed by atoms with Gasteiger partial charge in [-0.2, -0.15) is 0 Å². The Hall–Kier alpha value is -1.97. The van der Waals surface area contributed by atoms with Crippen molar-refractivity contribution in [1.29, 1.82) is 0 Å². The number of nitrogens with two attached hydrogens (primary N) is 1. The first-order valence-corrected chi connectivity index (χ1v) is 5.03. The molecular formula is C12H14N2O2. The van der Waals surface area contributed by atoms with Crippen LogP contribution >= 0.6 is 0 Å². The summed E-state index contributed by atoms with van der Waals surface area (Å²) in [7, 11) is 0. The Balaban J connectivity index is 2.66. The number of nitrogens with zero attached hydrogens (tertiary/aromatic N) is 1. The molecule has 16 heavy (non-hydrogen) atoms. The zero-order valence-corrected chi connectivity index (χ0v) is 9.53. The number of aromatic nitrogens is 1. The molecule has 0 aliphatic heterocycles. The molecule has 0 amide bonds.